The number of halogens is 1. The van der Waals surface area contributed by atoms with E-state index >= 15 is 0 Å². The number of hydrogen-bond donors (Lipinski definition) is 3. The fraction of sp³-hybridized carbons (Fsp3) is 0.429. The highest BCUT2D eigenvalue weighted by Crippen LogP contribution is 2.30. The van der Waals surface area contributed by atoms with Crippen LogP contribution in [0.2, 0.25) is 0 Å². The lowest BCUT2D eigenvalue weighted by Gasteiger charge is -2.33. The Hall–Kier alpha value is -1.60. The van der Waals surface area contributed by atoms with Crippen LogP contribution in [0, 0.1) is 5.41 Å². The Balaban J connectivity index is 2.08. The third-order valence-electron chi connectivity index (χ3n) is 3.69. The van der Waals surface area contributed by atoms with Gasteiger partial charge in [-0.15, -0.1) is 0 Å². The minimum atomic E-state index is -1.00. The van der Waals surface area contributed by atoms with E-state index in [0.717, 1.165) is 0 Å². The molecule has 0 aromatic heterocycles. The van der Waals surface area contributed by atoms with Crippen molar-refractivity contribution in [3.63, 3.8) is 0 Å². The van der Waals surface area contributed by atoms with Gasteiger partial charge in [0.2, 0.25) is 0 Å². The van der Waals surface area contributed by atoms with Crippen LogP contribution in [0.3, 0.4) is 0 Å². The molecule has 0 saturated carbocycles. The molecular weight excluding hydrogens is 342 g/mol. The summed E-state index contributed by atoms with van der Waals surface area (Å²) in [6.45, 7) is 0.741. The molecule has 3 N–H and O–H groups in total. The maximum Gasteiger partial charge on any atom is 0.311 e. The number of rotatable bonds is 4. The molecule has 1 aromatic carbocycles. The number of aliphatic carboxylic acids is 1. The highest BCUT2D eigenvalue weighted by Gasteiger charge is 2.40. The zero-order valence-electron chi connectivity index (χ0n) is 11.3. The molecular formula is C14H16BrNO5. The van der Waals surface area contributed by atoms with Gasteiger partial charge in [-0.25, -0.2) is 0 Å². The Morgan fingerprint density at radius 1 is 1.33 bits per heavy atom. The van der Waals surface area contributed by atoms with Gasteiger partial charge in [0.25, 0.3) is 5.91 Å². The minimum absolute atomic E-state index is 0.0104. The van der Waals surface area contributed by atoms with Crippen LogP contribution in [0.4, 0.5) is 0 Å². The van der Waals surface area contributed by atoms with Crippen LogP contribution in [-0.4, -0.2) is 41.8 Å². The van der Waals surface area contributed by atoms with Crippen LogP contribution >= 0.6 is 15.9 Å². The molecule has 6 nitrogen and oxygen atoms in total. The fourth-order valence-electron chi connectivity index (χ4n) is 2.26. The second-order valence-corrected chi connectivity index (χ2v) is 5.96. The Labute approximate surface area is 130 Å². The lowest BCUT2D eigenvalue weighted by atomic mass is 9.80. The van der Waals surface area contributed by atoms with Crippen LogP contribution in [-0.2, 0) is 9.53 Å². The largest absolute Gasteiger partial charge is 0.507 e. The Morgan fingerprint density at radius 2 is 2.00 bits per heavy atom. The number of amides is 1. The van der Waals surface area contributed by atoms with Crippen LogP contribution in [0.15, 0.2) is 22.7 Å². The minimum Gasteiger partial charge on any atom is -0.507 e. The number of nitrogens with one attached hydrogen (secondary N) is 1. The van der Waals surface area contributed by atoms with Crippen molar-refractivity contribution in [2.24, 2.45) is 5.41 Å². The van der Waals surface area contributed by atoms with Gasteiger partial charge in [0.05, 0.1) is 11.0 Å². The summed E-state index contributed by atoms with van der Waals surface area (Å²) in [5.74, 6) is -1.59. The van der Waals surface area contributed by atoms with Crippen LogP contribution in [0.1, 0.15) is 23.2 Å². The summed E-state index contributed by atoms with van der Waals surface area (Å²) in [5.41, 5.74) is -0.896. The quantitative estimate of drug-likeness (QED) is 0.762. The second kappa shape index (κ2) is 6.44. The lowest BCUT2D eigenvalue weighted by molar-refractivity contribution is -0.154. The number of carboxylic acids is 1. The van der Waals surface area contributed by atoms with Crippen molar-refractivity contribution in [2.45, 2.75) is 12.8 Å². The highest BCUT2D eigenvalue weighted by atomic mass is 79.9. The maximum atomic E-state index is 12.1. The lowest BCUT2D eigenvalue weighted by Crippen LogP contribution is -2.46. The average Bonchev–Trinajstić information content (AvgIpc) is 2.48. The molecule has 1 saturated heterocycles. The van der Waals surface area contributed by atoms with Gasteiger partial charge >= 0.3 is 5.97 Å². The third-order valence-corrected chi connectivity index (χ3v) is 4.19. The van der Waals surface area contributed by atoms with Crippen molar-refractivity contribution < 1.29 is 24.5 Å². The standard InChI is InChI=1S/C14H16BrNO5/c15-9-1-2-11(17)10(7-9)12(18)16-8-14(13(19)20)3-5-21-6-4-14/h1-2,7,17H,3-6,8H2,(H,16,18)(H,19,20). The van der Waals surface area contributed by atoms with Crippen molar-refractivity contribution in [3.05, 3.63) is 28.2 Å². The predicted octanol–water partition coefficient (Wildman–Crippen LogP) is 1.77. The first-order valence-corrected chi connectivity index (χ1v) is 7.32. The van der Waals surface area contributed by atoms with E-state index in [9.17, 15) is 19.8 Å². The number of carboxylic acid groups (broad SMARTS) is 1. The zero-order chi connectivity index (χ0) is 15.5. The van der Waals surface area contributed by atoms with Gasteiger partial charge in [0.15, 0.2) is 0 Å². The Morgan fingerprint density at radius 3 is 2.62 bits per heavy atom. The summed E-state index contributed by atoms with van der Waals surface area (Å²) in [5, 5.41) is 21.7. The molecule has 0 bridgehead atoms. The molecule has 114 valence electrons. The molecule has 0 atom stereocenters. The first-order valence-electron chi connectivity index (χ1n) is 6.52. The predicted molar refractivity (Wildman–Crippen MR) is 78.3 cm³/mol. The van der Waals surface area contributed by atoms with E-state index in [2.05, 4.69) is 21.2 Å². The van der Waals surface area contributed by atoms with Gasteiger partial charge < -0.3 is 20.3 Å². The number of benzene rings is 1. The number of carbonyl (C=O) groups excluding carboxylic acids is 1. The molecule has 1 fully saturated rings. The van der Waals surface area contributed by atoms with Crippen molar-refractivity contribution in [1.29, 1.82) is 0 Å². The number of phenolic OH excluding ortho intramolecular Hbond substituents is 1. The average molecular weight is 358 g/mol. The smallest absolute Gasteiger partial charge is 0.311 e. The molecule has 1 aliphatic rings. The monoisotopic (exact) mass is 357 g/mol. The van der Waals surface area contributed by atoms with E-state index in [0.29, 0.717) is 30.5 Å². The van der Waals surface area contributed by atoms with Crippen molar-refractivity contribution >= 4 is 27.8 Å². The first-order chi connectivity index (χ1) is 9.94. The summed E-state index contributed by atoms with van der Waals surface area (Å²) in [4.78, 5) is 23.6. The Kier molecular flexibility index (Phi) is 4.84. The number of hydrogen-bond acceptors (Lipinski definition) is 4. The first kappa shape index (κ1) is 15.8. The normalized spacial score (nSPS) is 17.2. The van der Waals surface area contributed by atoms with E-state index in [1.807, 2.05) is 0 Å². The van der Waals surface area contributed by atoms with Gasteiger partial charge in [-0.05, 0) is 31.0 Å². The molecule has 0 radical (unpaired) electrons. The molecule has 2 rings (SSSR count). The van der Waals surface area contributed by atoms with Crippen LogP contribution in [0.5, 0.6) is 5.75 Å². The van der Waals surface area contributed by atoms with Crippen molar-refractivity contribution in [1.82, 2.24) is 5.32 Å². The molecule has 21 heavy (non-hydrogen) atoms. The number of ether oxygens (including phenoxy) is 1. The summed E-state index contributed by atoms with van der Waals surface area (Å²) in [7, 11) is 0. The van der Waals surface area contributed by atoms with Gasteiger partial charge in [-0.1, -0.05) is 15.9 Å². The zero-order valence-corrected chi connectivity index (χ0v) is 12.9. The Bertz CT molecular complexity index is 554. The van der Waals surface area contributed by atoms with E-state index in [1.54, 1.807) is 6.07 Å². The third kappa shape index (κ3) is 3.54. The van der Waals surface area contributed by atoms with Gasteiger partial charge in [-0.2, -0.15) is 0 Å². The molecule has 1 amide bonds. The second-order valence-electron chi connectivity index (χ2n) is 5.04. The summed E-state index contributed by atoms with van der Waals surface area (Å²) in [6.07, 6.45) is 0.708. The number of carbonyl (C=O) groups is 2. The summed E-state index contributed by atoms with van der Waals surface area (Å²) in [6, 6.07) is 4.51. The van der Waals surface area contributed by atoms with Crippen molar-refractivity contribution in [2.75, 3.05) is 19.8 Å². The topological polar surface area (TPSA) is 95.9 Å². The molecule has 1 heterocycles. The molecule has 0 unspecified atom stereocenters. The molecule has 7 heteroatoms. The summed E-state index contributed by atoms with van der Waals surface area (Å²) >= 11 is 3.22. The number of aromatic hydroxyl groups is 1. The van der Waals surface area contributed by atoms with E-state index < -0.39 is 17.3 Å². The SMILES string of the molecule is O=C(NCC1(C(=O)O)CCOCC1)c1cc(Br)ccc1O. The molecule has 0 aliphatic carbocycles. The van der Waals surface area contributed by atoms with Gasteiger partial charge in [0.1, 0.15) is 5.75 Å². The molecule has 1 aromatic rings. The number of phenols is 1. The van der Waals surface area contributed by atoms with Gasteiger partial charge in [-0.3, -0.25) is 9.59 Å². The summed E-state index contributed by atoms with van der Waals surface area (Å²) < 4.78 is 5.84. The van der Waals surface area contributed by atoms with E-state index in [-0.39, 0.29) is 17.9 Å². The van der Waals surface area contributed by atoms with E-state index in [4.69, 9.17) is 4.74 Å². The van der Waals surface area contributed by atoms with E-state index in [1.165, 1.54) is 12.1 Å². The molecule has 1 aliphatic heterocycles. The van der Waals surface area contributed by atoms with Crippen LogP contribution < -0.4 is 5.32 Å². The molecule has 0 spiro atoms. The van der Waals surface area contributed by atoms with Crippen molar-refractivity contribution in [3.8, 4) is 5.75 Å². The van der Waals surface area contributed by atoms with Gasteiger partial charge in [0, 0.05) is 24.2 Å². The van der Waals surface area contributed by atoms with Crippen LogP contribution in [0.25, 0.3) is 0 Å². The maximum absolute atomic E-state index is 12.1. The highest BCUT2D eigenvalue weighted by molar-refractivity contribution is 9.10. The fourth-order valence-corrected chi connectivity index (χ4v) is 2.62.